The highest BCUT2D eigenvalue weighted by molar-refractivity contribution is 5.88. The normalized spacial score (nSPS) is 15.7. The van der Waals surface area contributed by atoms with Crippen molar-refractivity contribution < 1.29 is 9.72 Å². The number of benzene rings is 1. The van der Waals surface area contributed by atoms with E-state index in [1.807, 2.05) is 24.0 Å². The second kappa shape index (κ2) is 7.40. The molecule has 0 unspecified atom stereocenters. The predicted molar refractivity (Wildman–Crippen MR) is 85.8 cm³/mol. The number of allylic oxidation sites excluding steroid dienone is 3. The Morgan fingerprint density at radius 1 is 1.18 bits per heavy atom. The number of rotatable bonds is 4. The van der Waals surface area contributed by atoms with Crippen LogP contribution in [0.1, 0.15) is 6.92 Å². The van der Waals surface area contributed by atoms with Gasteiger partial charge in [0, 0.05) is 38.3 Å². The highest BCUT2D eigenvalue weighted by atomic mass is 16.6. The van der Waals surface area contributed by atoms with Gasteiger partial charge in [0.25, 0.3) is 5.69 Å². The van der Waals surface area contributed by atoms with Crippen molar-refractivity contribution in [3.63, 3.8) is 0 Å². The molecule has 6 heteroatoms. The van der Waals surface area contributed by atoms with Gasteiger partial charge in [0.15, 0.2) is 0 Å². The maximum absolute atomic E-state index is 12.0. The van der Waals surface area contributed by atoms with E-state index in [-0.39, 0.29) is 16.5 Å². The number of hydrogen-bond acceptors (Lipinski definition) is 4. The molecule has 22 heavy (non-hydrogen) atoms. The van der Waals surface area contributed by atoms with Crippen LogP contribution in [0.4, 0.5) is 11.4 Å². The van der Waals surface area contributed by atoms with Crippen LogP contribution in [0.15, 0.2) is 48.6 Å². The molecular weight excluding hydrogens is 282 g/mol. The first-order valence-electron chi connectivity index (χ1n) is 7.20. The zero-order chi connectivity index (χ0) is 15.9. The van der Waals surface area contributed by atoms with E-state index in [4.69, 9.17) is 0 Å². The second-order valence-corrected chi connectivity index (χ2v) is 4.94. The molecule has 1 amide bonds. The predicted octanol–water partition coefficient (Wildman–Crippen LogP) is 2.38. The second-order valence-electron chi connectivity index (χ2n) is 4.94. The number of nitrogens with zero attached hydrogens (tertiary/aromatic N) is 3. The lowest BCUT2D eigenvalue weighted by Gasteiger charge is -2.35. The maximum Gasteiger partial charge on any atom is 0.292 e. The van der Waals surface area contributed by atoms with Gasteiger partial charge in [-0.15, -0.1) is 0 Å². The standard InChI is InChI=1S/C16H19N3O3/c1-2-3-4-9-16(20)18-12-10-17(11-13-18)14-7-5-6-8-15(14)19(21)22/h2-9H,10-13H2,1H3/b3-2+,9-4+. The Morgan fingerprint density at radius 3 is 2.50 bits per heavy atom. The highest BCUT2D eigenvalue weighted by Crippen LogP contribution is 2.28. The number of para-hydroxylation sites is 2. The quantitative estimate of drug-likeness (QED) is 0.370. The molecule has 0 saturated carbocycles. The summed E-state index contributed by atoms with van der Waals surface area (Å²) in [5.41, 5.74) is 0.722. The highest BCUT2D eigenvalue weighted by Gasteiger charge is 2.24. The smallest absolute Gasteiger partial charge is 0.292 e. The van der Waals surface area contributed by atoms with Gasteiger partial charge in [-0.1, -0.05) is 30.4 Å². The molecule has 0 radical (unpaired) electrons. The van der Waals surface area contributed by atoms with Crippen LogP contribution in [-0.4, -0.2) is 41.9 Å². The van der Waals surface area contributed by atoms with E-state index in [2.05, 4.69) is 0 Å². The Balaban J connectivity index is 2.01. The summed E-state index contributed by atoms with van der Waals surface area (Å²) >= 11 is 0. The Hall–Kier alpha value is -2.63. The van der Waals surface area contributed by atoms with Gasteiger partial charge >= 0.3 is 0 Å². The summed E-state index contributed by atoms with van der Waals surface area (Å²) in [5.74, 6) is -0.0275. The number of piperazine rings is 1. The lowest BCUT2D eigenvalue weighted by atomic mass is 10.2. The Kier molecular flexibility index (Phi) is 5.30. The van der Waals surface area contributed by atoms with Crippen molar-refractivity contribution in [2.24, 2.45) is 0 Å². The molecule has 1 heterocycles. The van der Waals surface area contributed by atoms with E-state index in [0.29, 0.717) is 31.9 Å². The average Bonchev–Trinajstić information content (AvgIpc) is 2.55. The number of hydrogen-bond donors (Lipinski definition) is 0. The van der Waals surface area contributed by atoms with Crippen LogP contribution in [-0.2, 0) is 4.79 Å². The fourth-order valence-electron chi connectivity index (χ4n) is 2.41. The molecule has 0 aromatic heterocycles. The molecule has 0 N–H and O–H groups in total. The van der Waals surface area contributed by atoms with E-state index in [1.54, 1.807) is 35.3 Å². The monoisotopic (exact) mass is 301 g/mol. The first-order valence-corrected chi connectivity index (χ1v) is 7.20. The lowest BCUT2D eigenvalue weighted by Crippen LogP contribution is -2.48. The molecule has 0 atom stereocenters. The van der Waals surface area contributed by atoms with E-state index in [9.17, 15) is 14.9 Å². The Bertz CT molecular complexity index is 602. The zero-order valence-electron chi connectivity index (χ0n) is 12.5. The Labute approximate surface area is 129 Å². The molecule has 0 aliphatic carbocycles. The first-order chi connectivity index (χ1) is 10.6. The fourth-order valence-corrected chi connectivity index (χ4v) is 2.41. The largest absolute Gasteiger partial charge is 0.362 e. The molecule has 0 spiro atoms. The van der Waals surface area contributed by atoms with Gasteiger partial charge in [-0.3, -0.25) is 14.9 Å². The third kappa shape index (κ3) is 3.72. The van der Waals surface area contributed by atoms with Crippen LogP contribution in [0, 0.1) is 10.1 Å². The number of anilines is 1. The van der Waals surface area contributed by atoms with Gasteiger partial charge in [0.2, 0.25) is 5.91 Å². The van der Waals surface area contributed by atoms with Gasteiger partial charge in [0.1, 0.15) is 5.69 Å². The van der Waals surface area contributed by atoms with E-state index < -0.39 is 0 Å². The molecule has 1 aliphatic rings. The molecule has 1 aromatic carbocycles. The van der Waals surface area contributed by atoms with Crippen molar-refractivity contribution in [2.75, 3.05) is 31.1 Å². The maximum atomic E-state index is 12.0. The third-order valence-electron chi connectivity index (χ3n) is 3.55. The molecule has 1 aromatic rings. The van der Waals surface area contributed by atoms with Gasteiger partial charge in [0.05, 0.1) is 4.92 Å². The van der Waals surface area contributed by atoms with E-state index in [1.165, 1.54) is 6.07 Å². The van der Waals surface area contributed by atoms with Crippen LogP contribution in [0.3, 0.4) is 0 Å². The topological polar surface area (TPSA) is 66.7 Å². The van der Waals surface area contributed by atoms with Crippen LogP contribution in [0.2, 0.25) is 0 Å². The van der Waals surface area contributed by atoms with Crippen molar-refractivity contribution in [3.8, 4) is 0 Å². The molecular formula is C16H19N3O3. The molecule has 1 aliphatic heterocycles. The van der Waals surface area contributed by atoms with Crippen LogP contribution in [0.25, 0.3) is 0 Å². The molecule has 2 rings (SSSR count). The minimum atomic E-state index is -0.368. The van der Waals surface area contributed by atoms with Gasteiger partial charge in [-0.05, 0) is 13.0 Å². The van der Waals surface area contributed by atoms with Crippen LogP contribution < -0.4 is 4.90 Å². The van der Waals surface area contributed by atoms with E-state index >= 15 is 0 Å². The summed E-state index contributed by atoms with van der Waals surface area (Å²) in [6.07, 6.45) is 6.93. The fraction of sp³-hybridized carbons (Fsp3) is 0.312. The minimum absolute atomic E-state index is 0.0275. The summed E-state index contributed by atoms with van der Waals surface area (Å²) in [6.45, 7) is 4.19. The summed E-state index contributed by atoms with van der Waals surface area (Å²) in [7, 11) is 0. The van der Waals surface area contributed by atoms with Crippen molar-refractivity contribution in [1.29, 1.82) is 0 Å². The molecule has 6 nitrogen and oxygen atoms in total. The molecule has 1 fully saturated rings. The number of nitro benzene ring substituents is 1. The summed E-state index contributed by atoms with van der Waals surface area (Å²) in [5, 5.41) is 11.1. The van der Waals surface area contributed by atoms with Crippen LogP contribution >= 0.6 is 0 Å². The summed E-state index contributed by atoms with van der Waals surface area (Å²) in [4.78, 5) is 26.4. The first kappa shape index (κ1) is 15.8. The lowest BCUT2D eigenvalue weighted by molar-refractivity contribution is -0.384. The SMILES string of the molecule is C/C=C/C=C/C(=O)N1CCN(c2ccccc2[N+](=O)[O-])CC1. The van der Waals surface area contributed by atoms with Crippen molar-refractivity contribution in [1.82, 2.24) is 4.90 Å². The molecule has 0 bridgehead atoms. The zero-order valence-corrected chi connectivity index (χ0v) is 12.5. The number of nitro groups is 1. The van der Waals surface area contributed by atoms with E-state index in [0.717, 1.165) is 0 Å². The Morgan fingerprint density at radius 2 is 1.86 bits per heavy atom. The summed E-state index contributed by atoms with van der Waals surface area (Å²) < 4.78 is 0. The average molecular weight is 301 g/mol. The number of amides is 1. The van der Waals surface area contributed by atoms with Gasteiger partial charge in [-0.2, -0.15) is 0 Å². The van der Waals surface area contributed by atoms with Crippen molar-refractivity contribution >= 4 is 17.3 Å². The van der Waals surface area contributed by atoms with Gasteiger partial charge in [-0.25, -0.2) is 0 Å². The van der Waals surface area contributed by atoms with Crippen LogP contribution in [0.5, 0.6) is 0 Å². The molecule has 1 saturated heterocycles. The van der Waals surface area contributed by atoms with Crippen molar-refractivity contribution in [2.45, 2.75) is 6.92 Å². The number of carbonyl (C=O) groups excluding carboxylic acids is 1. The molecule has 116 valence electrons. The number of carbonyl (C=O) groups is 1. The minimum Gasteiger partial charge on any atom is -0.362 e. The third-order valence-corrected chi connectivity index (χ3v) is 3.55. The summed E-state index contributed by atoms with van der Waals surface area (Å²) in [6, 6.07) is 6.71. The van der Waals surface area contributed by atoms with Gasteiger partial charge < -0.3 is 9.80 Å². The van der Waals surface area contributed by atoms with Crippen molar-refractivity contribution in [3.05, 3.63) is 58.7 Å².